The monoisotopic (exact) mass is 410 g/mol. The van der Waals surface area contributed by atoms with Crippen LogP contribution in [-0.2, 0) is 27.6 Å². The van der Waals surface area contributed by atoms with E-state index >= 15 is 0 Å². The number of hydrogen-bond acceptors (Lipinski definition) is 6. The zero-order valence-corrected chi connectivity index (χ0v) is 19.8. The van der Waals surface area contributed by atoms with Gasteiger partial charge in [-0.2, -0.15) is 0 Å². The molecule has 0 rings (SSSR count). The number of ketones is 1. The van der Waals surface area contributed by atoms with Gasteiger partial charge in [-0.05, 0) is 58.2 Å². The summed E-state index contributed by atoms with van der Waals surface area (Å²) in [7, 11) is -5.27. The molecule has 0 aromatic heterocycles. The number of carbonyl (C=O) groups is 1. The topological polar surface area (TPSA) is 71.1 Å². The van der Waals surface area contributed by atoms with Gasteiger partial charge in [-0.3, -0.25) is 9.36 Å². The van der Waals surface area contributed by atoms with E-state index < -0.39 is 21.8 Å². The highest BCUT2D eigenvalue weighted by Crippen LogP contribution is 2.53. The Kier molecular flexibility index (Phi) is 11.7. The molecule has 156 valence electrons. The SMILES string of the molecule is CCOP(=O)(OCC)C(OCCCCCO[Si](C)(C)C(C)(C)C)C(C)=O. The second-order valence-corrected chi connectivity index (χ2v) is 14.8. The van der Waals surface area contributed by atoms with Gasteiger partial charge >= 0.3 is 7.60 Å². The molecule has 0 fully saturated rings. The van der Waals surface area contributed by atoms with E-state index in [1.54, 1.807) is 13.8 Å². The lowest BCUT2D eigenvalue weighted by atomic mass is 10.2. The van der Waals surface area contributed by atoms with E-state index in [0.717, 1.165) is 25.9 Å². The second-order valence-electron chi connectivity index (χ2n) is 7.88. The van der Waals surface area contributed by atoms with Gasteiger partial charge in [0.2, 0.25) is 5.85 Å². The van der Waals surface area contributed by atoms with Crippen molar-refractivity contribution >= 4 is 21.7 Å². The number of unbranched alkanes of at least 4 members (excludes halogenated alkanes) is 2. The minimum absolute atomic E-state index is 0.204. The second kappa shape index (κ2) is 11.7. The molecule has 0 saturated heterocycles. The molecule has 0 N–H and O–H groups in total. The predicted molar refractivity (Wildman–Crippen MR) is 108 cm³/mol. The summed E-state index contributed by atoms with van der Waals surface area (Å²) in [4.78, 5) is 11.8. The summed E-state index contributed by atoms with van der Waals surface area (Å²) in [5.74, 6) is -1.48. The van der Waals surface area contributed by atoms with Crippen LogP contribution in [-0.4, -0.2) is 46.4 Å². The van der Waals surface area contributed by atoms with Crippen LogP contribution in [0.3, 0.4) is 0 Å². The highest BCUT2D eigenvalue weighted by atomic mass is 31.2. The Hall–Kier alpha value is -0.0431. The van der Waals surface area contributed by atoms with Gasteiger partial charge in [0.15, 0.2) is 14.1 Å². The van der Waals surface area contributed by atoms with Crippen LogP contribution in [0.5, 0.6) is 0 Å². The van der Waals surface area contributed by atoms with E-state index in [4.69, 9.17) is 18.2 Å². The summed E-state index contributed by atoms with van der Waals surface area (Å²) in [6.45, 7) is 17.4. The van der Waals surface area contributed by atoms with E-state index in [1.807, 2.05) is 0 Å². The lowest BCUT2D eigenvalue weighted by molar-refractivity contribution is -0.124. The molecule has 0 aliphatic rings. The van der Waals surface area contributed by atoms with Gasteiger partial charge in [0.1, 0.15) is 0 Å². The van der Waals surface area contributed by atoms with Gasteiger partial charge in [0.25, 0.3) is 0 Å². The van der Waals surface area contributed by atoms with Crippen LogP contribution in [0.2, 0.25) is 18.1 Å². The summed E-state index contributed by atoms with van der Waals surface area (Å²) >= 11 is 0. The van der Waals surface area contributed by atoms with Crippen molar-refractivity contribution in [1.29, 1.82) is 0 Å². The van der Waals surface area contributed by atoms with Crippen LogP contribution in [0.1, 0.15) is 60.8 Å². The Morgan fingerprint density at radius 1 is 1.00 bits per heavy atom. The van der Waals surface area contributed by atoms with Crippen molar-refractivity contribution in [2.45, 2.75) is 84.8 Å². The summed E-state index contributed by atoms with van der Waals surface area (Å²) in [6, 6.07) is 0. The zero-order valence-electron chi connectivity index (χ0n) is 17.9. The molecular formula is C18H39O6PSi. The minimum Gasteiger partial charge on any atom is -0.417 e. The first kappa shape index (κ1) is 26.0. The van der Waals surface area contributed by atoms with Crippen LogP contribution in [0.25, 0.3) is 0 Å². The van der Waals surface area contributed by atoms with Gasteiger partial charge in [0, 0.05) is 13.2 Å². The van der Waals surface area contributed by atoms with Gasteiger partial charge in [-0.25, -0.2) is 0 Å². The predicted octanol–water partition coefficient (Wildman–Crippen LogP) is 5.38. The average Bonchev–Trinajstić information content (AvgIpc) is 2.48. The zero-order chi connectivity index (χ0) is 20.4. The maximum absolute atomic E-state index is 12.7. The minimum atomic E-state index is -3.58. The van der Waals surface area contributed by atoms with Crippen LogP contribution in [0.15, 0.2) is 0 Å². The maximum Gasteiger partial charge on any atom is 0.366 e. The van der Waals surface area contributed by atoms with Crippen molar-refractivity contribution in [3.63, 3.8) is 0 Å². The molecule has 0 aliphatic carbocycles. The van der Waals surface area contributed by atoms with E-state index in [0.29, 0.717) is 6.61 Å². The highest BCUT2D eigenvalue weighted by Gasteiger charge is 2.40. The first-order valence-corrected chi connectivity index (χ1v) is 14.1. The van der Waals surface area contributed by atoms with Gasteiger partial charge in [-0.1, -0.05) is 20.8 Å². The fraction of sp³-hybridized carbons (Fsp3) is 0.944. The molecule has 0 saturated carbocycles. The molecule has 1 unspecified atom stereocenters. The van der Waals surface area contributed by atoms with Crippen molar-refractivity contribution in [3.8, 4) is 0 Å². The fourth-order valence-electron chi connectivity index (χ4n) is 2.08. The first-order chi connectivity index (χ1) is 11.9. The molecule has 0 amide bonds. The van der Waals surface area contributed by atoms with Crippen molar-refractivity contribution < 1.29 is 27.6 Å². The summed E-state index contributed by atoms with van der Waals surface area (Å²) < 4.78 is 34.9. The summed E-state index contributed by atoms with van der Waals surface area (Å²) in [5, 5.41) is 0.213. The van der Waals surface area contributed by atoms with E-state index in [2.05, 4.69) is 33.9 Å². The normalized spacial score (nSPS) is 14.5. The van der Waals surface area contributed by atoms with Crippen molar-refractivity contribution in [2.24, 2.45) is 0 Å². The van der Waals surface area contributed by atoms with E-state index in [1.165, 1.54) is 6.92 Å². The molecule has 0 bridgehead atoms. The average molecular weight is 411 g/mol. The van der Waals surface area contributed by atoms with Crippen LogP contribution in [0.4, 0.5) is 0 Å². The quantitative estimate of drug-likeness (QED) is 0.218. The van der Waals surface area contributed by atoms with Gasteiger partial charge in [-0.15, -0.1) is 0 Å². The Labute approximate surface area is 161 Å². The summed E-state index contributed by atoms with van der Waals surface area (Å²) in [6.07, 6.45) is 2.63. The standard InChI is InChI=1S/C18H39O6PSi/c1-9-22-25(20,23-10-2)17(16(3)19)21-14-12-11-13-15-24-26(7,8)18(4,5)6/h17H,9-15H2,1-8H3. The van der Waals surface area contributed by atoms with E-state index in [-0.39, 0.29) is 24.0 Å². The number of carbonyl (C=O) groups excluding carboxylic acids is 1. The smallest absolute Gasteiger partial charge is 0.366 e. The Morgan fingerprint density at radius 2 is 1.50 bits per heavy atom. The van der Waals surface area contributed by atoms with E-state index in [9.17, 15) is 9.36 Å². The van der Waals surface area contributed by atoms with Gasteiger partial charge < -0.3 is 18.2 Å². The molecule has 0 heterocycles. The maximum atomic E-state index is 12.7. The molecule has 0 radical (unpaired) electrons. The lowest BCUT2D eigenvalue weighted by Gasteiger charge is -2.36. The Morgan fingerprint density at radius 3 is 1.92 bits per heavy atom. The van der Waals surface area contributed by atoms with Crippen molar-refractivity contribution in [1.82, 2.24) is 0 Å². The van der Waals surface area contributed by atoms with Crippen LogP contribution < -0.4 is 0 Å². The molecule has 0 aromatic rings. The third-order valence-electron chi connectivity index (χ3n) is 4.59. The third kappa shape index (κ3) is 8.76. The largest absolute Gasteiger partial charge is 0.417 e. The van der Waals surface area contributed by atoms with Crippen LogP contribution in [0, 0.1) is 0 Å². The number of Topliss-reactive ketones (excluding diaryl/α,β-unsaturated/α-hetero) is 1. The molecular weight excluding hydrogens is 371 g/mol. The van der Waals surface area contributed by atoms with Gasteiger partial charge in [0.05, 0.1) is 13.2 Å². The highest BCUT2D eigenvalue weighted by molar-refractivity contribution is 7.55. The number of rotatable bonds is 14. The van der Waals surface area contributed by atoms with Crippen molar-refractivity contribution in [2.75, 3.05) is 26.4 Å². The van der Waals surface area contributed by atoms with Crippen LogP contribution >= 0.6 is 7.60 Å². The lowest BCUT2D eigenvalue weighted by Crippen LogP contribution is -2.40. The molecule has 0 aliphatic heterocycles. The first-order valence-electron chi connectivity index (χ1n) is 9.56. The number of hydrogen-bond donors (Lipinski definition) is 0. The molecule has 0 aromatic carbocycles. The molecule has 8 heteroatoms. The molecule has 6 nitrogen and oxygen atoms in total. The molecule has 26 heavy (non-hydrogen) atoms. The molecule has 1 atom stereocenters. The van der Waals surface area contributed by atoms with Crippen molar-refractivity contribution in [3.05, 3.63) is 0 Å². The Bertz CT molecular complexity index is 451. The number of ether oxygens (including phenoxy) is 1. The summed E-state index contributed by atoms with van der Waals surface area (Å²) in [5.41, 5.74) is 0. The Balaban J connectivity index is 4.31. The molecule has 0 spiro atoms. The third-order valence-corrected chi connectivity index (χ3v) is 11.4. The fourth-order valence-corrected chi connectivity index (χ4v) is 4.97.